The maximum atomic E-state index is 6.70. The zero-order valence-electron chi connectivity index (χ0n) is 28.8. The highest BCUT2D eigenvalue weighted by Crippen LogP contribution is 2.39. The average molecular weight is 649 g/mol. The van der Waals surface area contributed by atoms with Gasteiger partial charge in [-0.3, -0.25) is 0 Å². The summed E-state index contributed by atoms with van der Waals surface area (Å²) in [6.45, 7) is 16.9. The third-order valence-electron chi connectivity index (χ3n) is 9.07. The molecular formula is C36H52N4O5Si. The van der Waals surface area contributed by atoms with Crippen LogP contribution in [0.5, 0.6) is 5.75 Å². The summed E-state index contributed by atoms with van der Waals surface area (Å²) < 4.78 is 34.5. The summed E-state index contributed by atoms with van der Waals surface area (Å²) >= 11 is 0. The molecule has 3 heterocycles. The maximum Gasteiger partial charge on any atom is 0.250 e. The van der Waals surface area contributed by atoms with Crippen LogP contribution in [0.2, 0.25) is 18.1 Å². The molecule has 9 nitrogen and oxygen atoms in total. The molecule has 250 valence electrons. The number of hydrogen-bond acceptors (Lipinski definition) is 7. The zero-order valence-corrected chi connectivity index (χ0v) is 29.8. The van der Waals surface area contributed by atoms with Gasteiger partial charge in [-0.15, -0.1) is 0 Å². The maximum absolute atomic E-state index is 6.70. The number of hydrogen-bond donors (Lipinski definition) is 0. The Hall–Kier alpha value is -3.02. The van der Waals surface area contributed by atoms with Gasteiger partial charge < -0.3 is 27.9 Å². The van der Waals surface area contributed by atoms with Crippen LogP contribution in [0.3, 0.4) is 0 Å². The smallest absolute Gasteiger partial charge is 0.250 e. The van der Waals surface area contributed by atoms with E-state index in [4.69, 9.17) is 33.5 Å². The number of aryl methyl sites for hydroxylation is 1. The van der Waals surface area contributed by atoms with Crippen LogP contribution < -0.4 is 4.43 Å². The fourth-order valence-electron chi connectivity index (χ4n) is 5.30. The number of nitrogens with zero attached hydrogens (tertiary/aromatic N) is 4. The van der Waals surface area contributed by atoms with E-state index in [1.807, 2.05) is 36.9 Å². The lowest BCUT2D eigenvalue weighted by molar-refractivity contribution is -0.0365. The van der Waals surface area contributed by atoms with Crippen LogP contribution in [0.4, 0.5) is 0 Å². The highest BCUT2D eigenvalue weighted by molar-refractivity contribution is 6.74. The molecular weight excluding hydrogens is 597 g/mol. The molecule has 2 unspecified atom stereocenters. The molecule has 1 saturated heterocycles. The van der Waals surface area contributed by atoms with Crippen molar-refractivity contribution in [2.45, 2.75) is 90.4 Å². The quantitative estimate of drug-likeness (QED) is 0.0965. The first kappa shape index (κ1) is 34.3. The fraction of sp³-hybridized carbons (Fsp3) is 0.556. The molecule has 1 fully saturated rings. The van der Waals surface area contributed by atoms with Crippen molar-refractivity contribution < 1.29 is 23.4 Å². The molecule has 2 aromatic carbocycles. The van der Waals surface area contributed by atoms with E-state index >= 15 is 0 Å². The molecule has 1 aliphatic heterocycles. The van der Waals surface area contributed by atoms with Crippen molar-refractivity contribution in [1.82, 2.24) is 19.3 Å². The summed E-state index contributed by atoms with van der Waals surface area (Å²) in [4.78, 5) is 5.02. The van der Waals surface area contributed by atoms with Gasteiger partial charge in [-0.25, -0.2) is 9.67 Å². The van der Waals surface area contributed by atoms with Crippen LogP contribution in [-0.2, 0) is 39.0 Å². The molecule has 1 aliphatic rings. The summed E-state index contributed by atoms with van der Waals surface area (Å²) in [5.41, 5.74) is 3.90. The third kappa shape index (κ3) is 8.66. The van der Waals surface area contributed by atoms with Gasteiger partial charge in [-0.1, -0.05) is 51.1 Å². The second kappa shape index (κ2) is 15.3. The molecule has 4 aromatic rings. The lowest BCUT2D eigenvalue weighted by Crippen LogP contribution is -2.43. The Kier molecular flexibility index (Phi) is 11.4. The van der Waals surface area contributed by atoms with Crippen LogP contribution in [0.1, 0.15) is 64.6 Å². The highest BCUT2D eigenvalue weighted by atomic mass is 28.4. The van der Waals surface area contributed by atoms with E-state index < -0.39 is 8.32 Å². The number of benzene rings is 2. The lowest BCUT2D eigenvalue weighted by atomic mass is 10.1. The van der Waals surface area contributed by atoms with Crippen molar-refractivity contribution in [2.75, 3.05) is 33.0 Å². The van der Waals surface area contributed by atoms with Crippen LogP contribution in [0.25, 0.3) is 22.3 Å². The first-order chi connectivity index (χ1) is 22.0. The van der Waals surface area contributed by atoms with Crippen LogP contribution in [0, 0.1) is 0 Å². The summed E-state index contributed by atoms with van der Waals surface area (Å²) in [5.74, 6) is 1.83. The van der Waals surface area contributed by atoms with E-state index in [-0.39, 0.29) is 17.4 Å². The summed E-state index contributed by atoms with van der Waals surface area (Å²) in [6, 6.07) is 16.5. The molecule has 0 amide bonds. The van der Waals surface area contributed by atoms with Crippen molar-refractivity contribution in [3.8, 4) is 17.1 Å². The molecule has 2 aromatic heterocycles. The normalized spacial score (nSPS) is 16.6. The van der Waals surface area contributed by atoms with Gasteiger partial charge in [0, 0.05) is 31.7 Å². The van der Waals surface area contributed by atoms with Crippen LogP contribution in [0.15, 0.2) is 54.7 Å². The molecule has 0 radical (unpaired) electrons. The third-order valence-corrected chi connectivity index (χ3v) is 13.4. The number of imidazole rings is 1. The standard InChI is InChI=1S/C36H52N4O5Si/c1-27(44-26-28-13-9-8-10-14-28)25-42-22-21-41-20-18-33-37-31(24-39(33)5)35-30-23-29(45-46(6,7)36(2,3)4)16-17-32(30)40(38-35)34-15-11-12-19-43-34/h8-10,13-14,16-17,23-24,27,34H,11-12,15,18-22,25-26H2,1-7H3. The summed E-state index contributed by atoms with van der Waals surface area (Å²) in [6.07, 6.45) is 5.87. The molecule has 46 heavy (non-hydrogen) atoms. The van der Waals surface area contributed by atoms with Gasteiger partial charge >= 0.3 is 0 Å². The monoisotopic (exact) mass is 648 g/mol. The predicted molar refractivity (Wildman–Crippen MR) is 185 cm³/mol. The van der Waals surface area contributed by atoms with Gasteiger partial charge in [-0.05, 0) is 68.1 Å². The first-order valence-corrected chi connectivity index (χ1v) is 19.6. The molecule has 0 bridgehead atoms. The topological polar surface area (TPSA) is 81.8 Å². The molecule has 10 heteroatoms. The molecule has 0 spiro atoms. The largest absolute Gasteiger partial charge is 0.543 e. The van der Waals surface area contributed by atoms with E-state index in [0.717, 1.165) is 65.3 Å². The number of fused-ring (bicyclic) bond motifs is 1. The Balaban J connectivity index is 1.20. The number of ether oxygens (including phenoxy) is 4. The predicted octanol–water partition coefficient (Wildman–Crippen LogP) is 7.70. The lowest BCUT2D eigenvalue weighted by Gasteiger charge is -2.36. The van der Waals surface area contributed by atoms with Crippen molar-refractivity contribution in [3.63, 3.8) is 0 Å². The fourth-order valence-corrected chi connectivity index (χ4v) is 6.32. The van der Waals surface area contributed by atoms with E-state index in [1.165, 1.54) is 0 Å². The van der Waals surface area contributed by atoms with Gasteiger partial charge in [0.25, 0.3) is 0 Å². The minimum atomic E-state index is -2.01. The summed E-state index contributed by atoms with van der Waals surface area (Å²) in [7, 11) is 0.0183. The van der Waals surface area contributed by atoms with Gasteiger partial charge in [0.05, 0.1) is 44.7 Å². The molecule has 0 N–H and O–H groups in total. The second-order valence-electron chi connectivity index (χ2n) is 13.9. The minimum absolute atomic E-state index is 0.0186. The van der Waals surface area contributed by atoms with Crippen LogP contribution >= 0.6 is 0 Å². The van der Waals surface area contributed by atoms with Gasteiger partial charge in [0.15, 0.2) is 6.23 Å². The molecule has 2 atom stereocenters. The number of rotatable bonds is 15. The minimum Gasteiger partial charge on any atom is -0.543 e. The zero-order chi connectivity index (χ0) is 32.7. The first-order valence-electron chi connectivity index (χ1n) is 16.7. The van der Waals surface area contributed by atoms with E-state index in [9.17, 15) is 0 Å². The molecule has 5 rings (SSSR count). The van der Waals surface area contributed by atoms with E-state index in [1.54, 1.807) is 0 Å². The SMILES string of the molecule is CC(COCCOCCc1nc(-c2nn(C3CCCCO3)c3ccc(O[Si](C)(C)C(C)(C)C)cc23)cn1C)OCc1ccccc1. The van der Waals surface area contributed by atoms with Gasteiger partial charge in [0.1, 0.15) is 23.0 Å². The Labute approximate surface area is 275 Å². The van der Waals surface area contributed by atoms with Gasteiger partial charge in [-0.2, -0.15) is 5.10 Å². The highest BCUT2D eigenvalue weighted by Gasteiger charge is 2.39. The van der Waals surface area contributed by atoms with Gasteiger partial charge in [0.2, 0.25) is 8.32 Å². The molecule has 0 aliphatic carbocycles. The summed E-state index contributed by atoms with van der Waals surface area (Å²) in [5, 5.41) is 6.25. The average Bonchev–Trinajstić information content (AvgIpc) is 3.59. The Morgan fingerprint density at radius 3 is 2.54 bits per heavy atom. The molecule has 0 saturated carbocycles. The Bertz CT molecular complexity index is 1540. The van der Waals surface area contributed by atoms with Crippen molar-refractivity contribution in [3.05, 3.63) is 66.1 Å². The van der Waals surface area contributed by atoms with E-state index in [2.05, 4.69) is 75.0 Å². The Morgan fingerprint density at radius 1 is 1.02 bits per heavy atom. The van der Waals surface area contributed by atoms with Crippen molar-refractivity contribution in [1.29, 1.82) is 0 Å². The van der Waals surface area contributed by atoms with Crippen molar-refractivity contribution in [2.24, 2.45) is 7.05 Å². The second-order valence-corrected chi connectivity index (χ2v) is 18.6. The Morgan fingerprint density at radius 2 is 1.80 bits per heavy atom. The van der Waals surface area contributed by atoms with Crippen molar-refractivity contribution >= 4 is 19.2 Å². The van der Waals surface area contributed by atoms with E-state index in [0.29, 0.717) is 39.5 Å². The number of aromatic nitrogens is 4. The van der Waals surface area contributed by atoms with Crippen LogP contribution in [-0.4, -0.2) is 66.8 Å².